The number of thiazole rings is 1. The fourth-order valence-electron chi connectivity index (χ4n) is 3.22. The molecule has 4 rings (SSSR count). The largest absolute Gasteiger partial charge is 0.494 e. The molecule has 0 aliphatic carbocycles. The molecule has 1 atom stereocenters. The first-order valence-corrected chi connectivity index (χ1v) is 12.4. The molecule has 4 aromatic rings. The standard InChI is InChI=1S/C24H19N3O4S2/c1-2-31-18-12-10-17(11-13-18)27-33(29,30)19-7-5-6-16(14-19)23(28)20(15-25)24-26-21-8-3-4-9-22(21)32-24/h3-14,20,27H,2H2,1H3/t20-/m0/s1. The number of carbonyl (C=O) groups is 1. The van der Waals surface area contributed by atoms with Crippen molar-refractivity contribution in [3.8, 4) is 11.8 Å². The summed E-state index contributed by atoms with van der Waals surface area (Å²) >= 11 is 1.27. The Morgan fingerprint density at radius 2 is 1.88 bits per heavy atom. The van der Waals surface area contributed by atoms with Gasteiger partial charge in [-0.1, -0.05) is 24.3 Å². The second-order valence-electron chi connectivity index (χ2n) is 7.04. The van der Waals surface area contributed by atoms with Crippen LogP contribution in [0, 0.1) is 11.3 Å². The van der Waals surface area contributed by atoms with Gasteiger partial charge in [-0.05, 0) is 55.5 Å². The van der Waals surface area contributed by atoms with Crippen molar-refractivity contribution in [1.29, 1.82) is 5.26 Å². The number of fused-ring (bicyclic) bond motifs is 1. The number of para-hydroxylation sites is 1. The second kappa shape index (κ2) is 9.40. The van der Waals surface area contributed by atoms with Crippen LogP contribution in [-0.4, -0.2) is 25.8 Å². The zero-order chi connectivity index (χ0) is 23.4. The lowest BCUT2D eigenvalue weighted by atomic mass is 9.99. The number of nitrogens with zero attached hydrogens (tertiary/aromatic N) is 2. The van der Waals surface area contributed by atoms with Gasteiger partial charge in [-0.3, -0.25) is 9.52 Å². The van der Waals surface area contributed by atoms with Gasteiger partial charge in [-0.2, -0.15) is 5.26 Å². The van der Waals surface area contributed by atoms with E-state index in [1.165, 1.54) is 35.6 Å². The van der Waals surface area contributed by atoms with Crippen molar-refractivity contribution in [2.45, 2.75) is 17.7 Å². The van der Waals surface area contributed by atoms with Crippen LogP contribution in [0.5, 0.6) is 5.75 Å². The summed E-state index contributed by atoms with van der Waals surface area (Å²) in [5.41, 5.74) is 1.19. The van der Waals surface area contributed by atoms with Gasteiger partial charge in [-0.25, -0.2) is 13.4 Å². The zero-order valence-corrected chi connectivity index (χ0v) is 19.2. The first kappa shape index (κ1) is 22.5. The van der Waals surface area contributed by atoms with Crippen LogP contribution in [0.4, 0.5) is 5.69 Å². The molecule has 9 heteroatoms. The van der Waals surface area contributed by atoms with Crippen LogP contribution in [0.1, 0.15) is 28.2 Å². The van der Waals surface area contributed by atoms with Crippen molar-refractivity contribution < 1.29 is 17.9 Å². The van der Waals surface area contributed by atoms with Crippen molar-refractivity contribution in [3.63, 3.8) is 0 Å². The number of anilines is 1. The number of nitrogens with one attached hydrogen (secondary N) is 1. The molecule has 0 unspecified atom stereocenters. The smallest absolute Gasteiger partial charge is 0.261 e. The van der Waals surface area contributed by atoms with E-state index in [1.54, 1.807) is 24.3 Å². The maximum atomic E-state index is 13.1. The second-order valence-corrected chi connectivity index (χ2v) is 9.78. The van der Waals surface area contributed by atoms with Gasteiger partial charge in [0.15, 0.2) is 11.7 Å². The lowest BCUT2D eigenvalue weighted by Crippen LogP contribution is -2.15. The number of sulfonamides is 1. The molecule has 0 spiro atoms. The van der Waals surface area contributed by atoms with Crippen molar-refractivity contribution in [2.24, 2.45) is 0 Å². The van der Waals surface area contributed by atoms with Crippen LogP contribution in [-0.2, 0) is 10.0 Å². The van der Waals surface area contributed by atoms with Crippen molar-refractivity contribution in [1.82, 2.24) is 4.98 Å². The normalized spacial score (nSPS) is 12.1. The highest BCUT2D eigenvalue weighted by atomic mass is 32.2. The molecule has 0 fully saturated rings. The Morgan fingerprint density at radius 3 is 2.58 bits per heavy atom. The van der Waals surface area contributed by atoms with Gasteiger partial charge in [0.1, 0.15) is 10.8 Å². The van der Waals surface area contributed by atoms with E-state index in [4.69, 9.17) is 4.74 Å². The summed E-state index contributed by atoms with van der Waals surface area (Å²) in [5.74, 6) is -1.00. The molecule has 3 aromatic carbocycles. The number of aromatic nitrogens is 1. The predicted molar refractivity (Wildman–Crippen MR) is 127 cm³/mol. The molecule has 1 heterocycles. The molecule has 0 saturated carbocycles. The van der Waals surface area contributed by atoms with Crippen LogP contribution < -0.4 is 9.46 Å². The summed E-state index contributed by atoms with van der Waals surface area (Å²) in [6.07, 6.45) is 0. The zero-order valence-electron chi connectivity index (χ0n) is 17.6. The fourth-order valence-corrected chi connectivity index (χ4v) is 5.34. The summed E-state index contributed by atoms with van der Waals surface area (Å²) in [5, 5.41) is 10.1. The number of ether oxygens (including phenoxy) is 1. The van der Waals surface area contributed by atoms with Crippen LogP contribution in [0.3, 0.4) is 0 Å². The van der Waals surface area contributed by atoms with Crippen LogP contribution >= 0.6 is 11.3 Å². The molecule has 166 valence electrons. The van der Waals surface area contributed by atoms with Crippen LogP contribution in [0.2, 0.25) is 0 Å². The molecular formula is C24H19N3O4S2. The summed E-state index contributed by atoms with van der Waals surface area (Å²) in [6, 6.07) is 21.6. The van der Waals surface area contributed by atoms with Gasteiger partial charge >= 0.3 is 0 Å². The third-order valence-electron chi connectivity index (χ3n) is 4.80. The SMILES string of the molecule is CCOc1ccc(NS(=O)(=O)c2cccc(C(=O)[C@H](C#N)c3nc4ccccc4s3)c2)cc1. The van der Waals surface area contributed by atoms with E-state index in [0.29, 0.717) is 28.6 Å². The average Bonchev–Trinajstić information content (AvgIpc) is 3.24. The Balaban J connectivity index is 1.59. The Kier molecular flexibility index (Phi) is 6.40. The number of rotatable bonds is 8. The first-order chi connectivity index (χ1) is 15.9. The Bertz CT molecular complexity index is 1420. The minimum Gasteiger partial charge on any atom is -0.494 e. The molecule has 0 amide bonds. The van der Waals surface area contributed by atoms with E-state index in [2.05, 4.69) is 9.71 Å². The van der Waals surface area contributed by atoms with E-state index in [0.717, 1.165) is 4.70 Å². The number of nitriles is 1. The average molecular weight is 478 g/mol. The van der Waals surface area contributed by atoms with Gasteiger partial charge in [0, 0.05) is 11.3 Å². The molecule has 0 aliphatic rings. The van der Waals surface area contributed by atoms with Gasteiger partial charge in [0.2, 0.25) is 0 Å². The number of ketones is 1. The predicted octanol–water partition coefficient (Wildman–Crippen LogP) is 4.99. The van der Waals surface area contributed by atoms with E-state index in [1.807, 2.05) is 37.3 Å². The Morgan fingerprint density at radius 1 is 1.12 bits per heavy atom. The summed E-state index contributed by atoms with van der Waals surface area (Å²) in [7, 11) is -3.95. The van der Waals surface area contributed by atoms with Gasteiger partial charge in [-0.15, -0.1) is 11.3 Å². The highest BCUT2D eigenvalue weighted by Gasteiger charge is 2.26. The number of Topliss-reactive ketones (excluding diaryl/α,β-unsaturated/α-hetero) is 1. The number of hydrogen-bond acceptors (Lipinski definition) is 7. The maximum Gasteiger partial charge on any atom is 0.261 e. The lowest BCUT2D eigenvalue weighted by Gasteiger charge is -2.11. The first-order valence-electron chi connectivity index (χ1n) is 10.1. The third kappa shape index (κ3) is 4.87. The Labute approximate surface area is 195 Å². The number of carbonyl (C=O) groups excluding carboxylic acids is 1. The summed E-state index contributed by atoms with van der Waals surface area (Å²) in [6.45, 7) is 2.37. The highest BCUT2D eigenvalue weighted by Crippen LogP contribution is 2.30. The molecule has 33 heavy (non-hydrogen) atoms. The van der Waals surface area contributed by atoms with Crippen molar-refractivity contribution >= 4 is 43.0 Å². The lowest BCUT2D eigenvalue weighted by molar-refractivity contribution is 0.0978. The molecule has 0 bridgehead atoms. The summed E-state index contributed by atoms with van der Waals surface area (Å²) < 4.78 is 34.5. The van der Waals surface area contributed by atoms with Crippen LogP contribution in [0.25, 0.3) is 10.2 Å². The van der Waals surface area contributed by atoms with E-state index in [-0.39, 0.29) is 10.5 Å². The van der Waals surface area contributed by atoms with Gasteiger partial charge < -0.3 is 4.74 Å². The molecule has 0 saturated heterocycles. The molecule has 1 aromatic heterocycles. The van der Waals surface area contributed by atoms with E-state index >= 15 is 0 Å². The fraction of sp³-hybridized carbons (Fsp3) is 0.125. The molecule has 0 aliphatic heterocycles. The van der Waals surface area contributed by atoms with Gasteiger partial charge in [0.25, 0.3) is 10.0 Å². The van der Waals surface area contributed by atoms with Gasteiger partial charge in [0.05, 0.1) is 27.8 Å². The van der Waals surface area contributed by atoms with E-state index in [9.17, 15) is 18.5 Å². The number of benzene rings is 3. The summed E-state index contributed by atoms with van der Waals surface area (Å²) in [4.78, 5) is 17.4. The van der Waals surface area contributed by atoms with Crippen molar-refractivity contribution in [2.75, 3.05) is 11.3 Å². The number of hydrogen-bond donors (Lipinski definition) is 1. The monoisotopic (exact) mass is 477 g/mol. The molecule has 1 N–H and O–H groups in total. The topological polar surface area (TPSA) is 109 Å². The quantitative estimate of drug-likeness (QED) is 0.358. The Hall–Kier alpha value is -3.74. The third-order valence-corrected chi connectivity index (χ3v) is 7.28. The highest BCUT2D eigenvalue weighted by molar-refractivity contribution is 7.92. The van der Waals surface area contributed by atoms with Crippen LogP contribution in [0.15, 0.2) is 77.7 Å². The van der Waals surface area contributed by atoms with E-state index < -0.39 is 21.7 Å². The maximum absolute atomic E-state index is 13.1. The van der Waals surface area contributed by atoms with Crippen molar-refractivity contribution in [3.05, 3.63) is 83.4 Å². The molecule has 7 nitrogen and oxygen atoms in total. The molecular weight excluding hydrogens is 458 g/mol. The minimum atomic E-state index is -3.95. The molecule has 0 radical (unpaired) electrons. The minimum absolute atomic E-state index is 0.0803.